The van der Waals surface area contributed by atoms with Crippen molar-refractivity contribution in [2.24, 2.45) is 0 Å². The van der Waals surface area contributed by atoms with Crippen LogP contribution >= 0.6 is 0 Å². The normalized spacial score (nSPS) is 18.2. The number of carbonyl (C=O) groups is 1. The van der Waals surface area contributed by atoms with Crippen molar-refractivity contribution in [2.75, 3.05) is 18.1 Å². The van der Waals surface area contributed by atoms with Gasteiger partial charge >= 0.3 is 0 Å². The number of aryl methyl sites for hydroxylation is 1. The summed E-state index contributed by atoms with van der Waals surface area (Å²) in [6, 6.07) is 15.4. The monoisotopic (exact) mass is 429 g/mol. The van der Waals surface area contributed by atoms with Gasteiger partial charge in [-0.05, 0) is 42.0 Å². The molecular formula is C24H31NO4S. The van der Waals surface area contributed by atoms with Gasteiger partial charge in [0.25, 0.3) is 5.91 Å². The largest absolute Gasteiger partial charge is 0.484 e. The molecule has 1 heterocycles. The van der Waals surface area contributed by atoms with Gasteiger partial charge in [-0.15, -0.1) is 0 Å². The highest BCUT2D eigenvalue weighted by Gasteiger charge is 2.34. The molecule has 3 rings (SSSR count). The summed E-state index contributed by atoms with van der Waals surface area (Å²) in [7, 11) is -3.10. The molecule has 0 N–H and O–H groups in total. The minimum atomic E-state index is -3.10. The van der Waals surface area contributed by atoms with Crippen LogP contribution in [0.3, 0.4) is 0 Å². The molecule has 5 nitrogen and oxygen atoms in total. The van der Waals surface area contributed by atoms with E-state index in [9.17, 15) is 13.2 Å². The van der Waals surface area contributed by atoms with Crippen molar-refractivity contribution in [3.63, 3.8) is 0 Å². The molecule has 1 fully saturated rings. The van der Waals surface area contributed by atoms with Gasteiger partial charge in [0.1, 0.15) is 5.75 Å². The third-order valence-corrected chi connectivity index (χ3v) is 7.28. The summed E-state index contributed by atoms with van der Waals surface area (Å²) in [5.41, 5.74) is 3.37. The SMILES string of the molecule is Cc1ccc(OCC(=O)N(Cc2ccc(C(C)(C)C)cc2)C2CCS(=O)(=O)C2)cc1. The van der Waals surface area contributed by atoms with E-state index in [2.05, 4.69) is 32.9 Å². The van der Waals surface area contributed by atoms with Gasteiger partial charge in [0.05, 0.1) is 11.5 Å². The third-order valence-electron chi connectivity index (χ3n) is 5.53. The van der Waals surface area contributed by atoms with Crippen LogP contribution in [0.25, 0.3) is 0 Å². The van der Waals surface area contributed by atoms with E-state index in [0.29, 0.717) is 18.7 Å². The summed E-state index contributed by atoms with van der Waals surface area (Å²) >= 11 is 0. The van der Waals surface area contributed by atoms with Crippen molar-refractivity contribution in [3.05, 3.63) is 65.2 Å². The van der Waals surface area contributed by atoms with E-state index in [0.717, 1.165) is 11.1 Å². The average molecular weight is 430 g/mol. The van der Waals surface area contributed by atoms with Crippen molar-refractivity contribution >= 4 is 15.7 Å². The van der Waals surface area contributed by atoms with E-state index in [1.165, 1.54) is 5.56 Å². The lowest BCUT2D eigenvalue weighted by molar-refractivity contribution is -0.136. The van der Waals surface area contributed by atoms with Gasteiger partial charge in [0.15, 0.2) is 16.4 Å². The summed E-state index contributed by atoms with van der Waals surface area (Å²) in [6.07, 6.45) is 0.471. The minimum Gasteiger partial charge on any atom is -0.484 e. The van der Waals surface area contributed by atoms with Crippen LogP contribution in [0.1, 0.15) is 43.9 Å². The number of sulfone groups is 1. The Morgan fingerprint density at radius 3 is 2.23 bits per heavy atom. The minimum absolute atomic E-state index is 0.0172. The van der Waals surface area contributed by atoms with E-state index in [1.807, 2.05) is 43.3 Å². The molecule has 1 saturated heterocycles. The van der Waals surface area contributed by atoms with Gasteiger partial charge in [-0.2, -0.15) is 0 Å². The number of amides is 1. The fraction of sp³-hybridized carbons (Fsp3) is 0.458. The fourth-order valence-electron chi connectivity index (χ4n) is 3.61. The smallest absolute Gasteiger partial charge is 0.261 e. The molecule has 1 unspecified atom stereocenters. The van der Waals surface area contributed by atoms with Gasteiger partial charge in [-0.25, -0.2) is 8.42 Å². The van der Waals surface area contributed by atoms with Crippen LogP contribution in [0.2, 0.25) is 0 Å². The summed E-state index contributed by atoms with van der Waals surface area (Å²) in [5, 5.41) is 0. The summed E-state index contributed by atoms with van der Waals surface area (Å²) in [4.78, 5) is 14.7. The second-order valence-corrected chi connectivity index (χ2v) is 11.4. The van der Waals surface area contributed by atoms with Crippen LogP contribution in [0.5, 0.6) is 5.75 Å². The van der Waals surface area contributed by atoms with E-state index in [4.69, 9.17) is 4.74 Å². The van der Waals surface area contributed by atoms with E-state index in [-0.39, 0.29) is 35.5 Å². The van der Waals surface area contributed by atoms with Crippen LogP contribution < -0.4 is 4.74 Å². The van der Waals surface area contributed by atoms with Crippen molar-refractivity contribution in [3.8, 4) is 5.75 Å². The number of rotatable bonds is 6. The Labute approximate surface area is 180 Å². The Hall–Kier alpha value is -2.34. The molecule has 0 aromatic heterocycles. The van der Waals surface area contributed by atoms with E-state index >= 15 is 0 Å². The molecule has 2 aromatic carbocycles. The van der Waals surface area contributed by atoms with Gasteiger partial charge in [-0.3, -0.25) is 4.79 Å². The fourth-order valence-corrected chi connectivity index (χ4v) is 5.34. The molecule has 0 aliphatic carbocycles. The lowest BCUT2D eigenvalue weighted by Crippen LogP contribution is -2.43. The maximum Gasteiger partial charge on any atom is 0.261 e. The maximum atomic E-state index is 13.0. The van der Waals surface area contributed by atoms with Gasteiger partial charge in [0.2, 0.25) is 0 Å². The van der Waals surface area contributed by atoms with Crippen LogP contribution in [-0.4, -0.2) is 43.4 Å². The molecule has 162 valence electrons. The molecule has 6 heteroatoms. The van der Waals surface area contributed by atoms with Crippen LogP contribution in [0.15, 0.2) is 48.5 Å². The Bertz CT molecular complexity index is 973. The molecule has 1 atom stereocenters. The molecule has 1 aliphatic heterocycles. The highest BCUT2D eigenvalue weighted by atomic mass is 32.2. The first kappa shape index (κ1) is 22.3. The maximum absolute atomic E-state index is 13.0. The molecule has 1 aliphatic rings. The zero-order valence-corrected chi connectivity index (χ0v) is 19.0. The molecule has 30 heavy (non-hydrogen) atoms. The van der Waals surface area contributed by atoms with Crippen molar-refractivity contribution < 1.29 is 17.9 Å². The first-order valence-electron chi connectivity index (χ1n) is 10.3. The summed E-state index contributed by atoms with van der Waals surface area (Å²) in [5.74, 6) is 0.576. The zero-order chi connectivity index (χ0) is 21.9. The number of hydrogen-bond donors (Lipinski definition) is 0. The lowest BCUT2D eigenvalue weighted by atomic mass is 9.86. The Balaban J connectivity index is 1.74. The van der Waals surface area contributed by atoms with Crippen molar-refractivity contribution in [1.82, 2.24) is 4.90 Å². The van der Waals surface area contributed by atoms with Crippen LogP contribution in [-0.2, 0) is 26.6 Å². The second-order valence-electron chi connectivity index (χ2n) is 9.13. The number of ether oxygens (including phenoxy) is 1. The van der Waals surface area contributed by atoms with E-state index < -0.39 is 9.84 Å². The molecule has 0 radical (unpaired) electrons. The molecule has 1 amide bonds. The molecule has 0 spiro atoms. The van der Waals surface area contributed by atoms with Gasteiger partial charge < -0.3 is 9.64 Å². The predicted octanol–water partition coefficient (Wildman–Crippen LogP) is 3.89. The zero-order valence-electron chi connectivity index (χ0n) is 18.2. The lowest BCUT2D eigenvalue weighted by Gasteiger charge is -2.29. The Morgan fingerprint density at radius 1 is 1.07 bits per heavy atom. The summed E-state index contributed by atoms with van der Waals surface area (Å²) in [6.45, 7) is 8.72. The topological polar surface area (TPSA) is 63.7 Å². The molecule has 0 saturated carbocycles. The number of benzene rings is 2. The predicted molar refractivity (Wildman–Crippen MR) is 119 cm³/mol. The second kappa shape index (κ2) is 8.80. The van der Waals surface area contributed by atoms with Crippen LogP contribution in [0.4, 0.5) is 0 Å². The first-order valence-corrected chi connectivity index (χ1v) is 12.1. The standard InChI is InChI=1S/C24H31NO4S/c1-18-5-11-22(12-6-18)29-16-23(26)25(21-13-14-30(27,28)17-21)15-19-7-9-20(10-8-19)24(2,3)4/h5-12,21H,13-17H2,1-4H3. The van der Waals surface area contributed by atoms with Crippen LogP contribution in [0, 0.1) is 6.92 Å². The molecule has 2 aromatic rings. The quantitative estimate of drug-likeness (QED) is 0.699. The molecular weight excluding hydrogens is 398 g/mol. The van der Waals surface area contributed by atoms with Crippen molar-refractivity contribution in [1.29, 1.82) is 0 Å². The van der Waals surface area contributed by atoms with Crippen molar-refractivity contribution in [2.45, 2.75) is 52.1 Å². The number of nitrogens with zero attached hydrogens (tertiary/aromatic N) is 1. The highest BCUT2D eigenvalue weighted by Crippen LogP contribution is 2.24. The van der Waals surface area contributed by atoms with E-state index in [1.54, 1.807) is 4.90 Å². The first-order chi connectivity index (χ1) is 14.0. The number of carbonyl (C=O) groups excluding carboxylic acids is 1. The molecule has 0 bridgehead atoms. The number of hydrogen-bond acceptors (Lipinski definition) is 4. The Morgan fingerprint density at radius 2 is 1.70 bits per heavy atom. The highest BCUT2D eigenvalue weighted by molar-refractivity contribution is 7.91. The summed E-state index contributed by atoms with van der Waals surface area (Å²) < 4.78 is 29.7. The van der Waals surface area contributed by atoms with Gasteiger partial charge in [0, 0.05) is 12.6 Å². The Kier molecular flexibility index (Phi) is 6.56. The van der Waals surface area contributed by atoms with Gasteiger partial charge in [-0.1, -0.05) is 62.7 Å². The third kappa shape index (κ3) is 5.85. The average Bonchev–Trinajstić information content (AvgIpc) is 3.04.